The molecule has 8 nitrogen and oxygen atoms in total. The number of benzene rings is 3. The number of aromatic nitrogens is 1. The van der Waals surface area contributed by atoms with Gasteiger partial charge in [-0.05, 0) is 38.1 Å². The fourth-order valence-electron chi connectivity index (χ4n) is 3.83. The monoisotopic (exact) mass is 498 g/mol. The average molecular weight is 499 g/mol. The van der Waals surface area contributed by atoms with E-state index < -0.39 is 17.9 Å². The summed E-state index contributed by atoms with van der Waals surface area (Å²) in [5, 5.41) is 3.94. The van der Waals surface area contributed by atoms with Crippen molar-refractivity contribution in [3.8, 4) is 11.3 Å². The molecule has 0 spiro atoms. The van der Waals surface area contributed by atoms with E-state index in [0.717, 1.165) is 15.8 Å². The first-order valence-corrected chi connectivity index (χ1v) is 12.1. The van der Waals surface area contributed by atoms with Gasteiger partial charge in [-0.15, -0.1) is 0 Å². The summed E-state index contributed by atoms with van der Waals surface area (Å²) >= 11 is 1.44. The van der Waals surface area contributed by atoms with E-state index in [0.29, 0.717) is 16.5 Å². The molecule has 1 unspecified atom stereocenters. The predicted octanol–water partition coefficient (Wildman–Crippen LogP) is 4.64. The molecule has 3 aromatic carbocycles. The fraction of sp³-hybridized carbons (Fsp3) is 0.111. The second-order valence-electron chi connectivity index (χ2n) is 8.23. The number of carbonyl (C=O) groups excluding carboxylic acids is 2. The van der Waals surface area contributed by atoms with Gasteiger partial charge in [-0.1, -0.05) is 59.9 Å². The van der Waals surface area contributed by atoms with E-state index in [1.54, 1.807) is 32.0 Å². The lowest BCUT2D eigenvalue weighted by Gasteiger charge is -2.14. The van der Waals surface area contributed by atoms with Crippen molar-refractivity contribution in [3.05, 3.63) is 94.1 Å². The Hall–Kier alpha value is -4.50. The molecule has 3 N–H and O–H groups in total. The van der Waals surface area contributed by atoms with E-state index in [-0.39, 0.29) is 22.0 Å². The molecule has 0 aliphatic carbocycles. The molecule has 0 bridgehead atoms. The number of fused-ring (bicyclic) bond motifs is 2. The zero-order valence-electron chi connectivity index (χ0n) is 19.5. The first-order chi connectivity index (χ1) is 17.4. The van der Waals surface area contributed by atoms with Gasteiger partial charge in [-0.3, -0.25) is 25.2 Å². The minimum atomic E-state index is -0.663. The summed E-state index contributed by atoms with van der Waals surface area (Å²) < 4.78 is 7.08. The minimum absolute atomic E-state index is 0.133. The maximum Gasteiger partial charge on any atom is 0.273 e. The Labute approximate surface area is 210 Å². The number of nitrogens with one attached hydrogen (secondary N) is 3. The molecule has 0 aliphatic rings. The minimum Gasteiger partial charge on any atom is -0.455 e. The van der Waals surface area contributed by atoms with Crippen molar-refractivity contribution >= 4 is 49.5 Å². The number of nitrogens with zero attached hydrogens (tertiary/aromatic N) is 1. The van der Waals surface area contributed by atoms with Crippen molar-refractivity contribution < 1.29 is 14.0 Å². The molecule has 0 saturated heterocycles. The molecule has 2 amide bonds. The van der Waals surface area contributed by atoms with E-state index in [1.807, 2.05) is 54.6 Å². The molecule has 36 heavy (non-hydrogen) atoms. The van der Waals surface area contributed by atoms with Crippen LogP contribution in [0.4, 0.5) is 5.13 Å². The fourth-order valence-corrected chi connectivity index (χ4v) is 4.78. The molecular weight excluding hydrogens is 476 g/mol. The third kappa shape index (κ3) is 4.44. The van der Waals surface area contributed by atoms with Gasteiger partial charge in [0.1, 0.15) is 11.8 Å². The van der Waals surface area contributed by atoms with Crippen LogP contribution in [0, 0.1) is 6.92 Å². The number of hydrogen-bond acceptors (Lipinski definition) is 7. The van der Waals surface area contributed by atoms with E-state index in [4.69, 9.17) is 4.42 Å². The Bertz CT molecular complexity index is 1630. The molecule has 180 valence electrons. The molecule has 9 heteroatoms. The van der Waals surface area contributed by atoms with Crippen LogP contribution in [-0.4, -0.2) is 22.8 Å². The van der Waals surface area contributed by atoms with Crippen LogP contribution >= 0.6 is 11.3 Å². The molecule has 0 fully saturated rings. The zero-order valence-corrected chi connectivity index (χ0v) is 20.3. The predicted molar refractivity (Wildman–Crippen MR) is 141 cm³/mol. The SMILES string of the molecule is Cc1c(-c2ccccc2)oc2c(C(=O)NNC(=O)C(C)Nc3nc4ccccc4s3)cccc2c1=O. The number of rotatable bonds is 5. The first-order valence-electron chi connectivity index (χ1n) is 11.3. The van der Waals surface area contributed by atoms with E-state index in [9.17, 15) is 14.4 Å². The Morgan fingerprint density at radius 3 is 2.47 bits per heavy atom. The highest BCUT2D eigenvalue weighted by molar-refractivity contribution is 7.22. The number of anilines is 1. The quantitative estimate of drug-likeness (QED) is 0.304. The van der Waals surface area contributed by atoms with Gasteiger partial charge < -0.3 is 9.73 Å². The molecule has 0 saturated carbocycles. The molecule has 5 aromatic rings. The summed E-state index contributed by atoms with van der Waals surface area (Å²) in [5.74, 6) is -0.664. The van der Waals surface area contributed by atoms with Crippen LogP contribution in [0.15, 0.2) is 82.0 Å². The topological polar surface area (TPSA) is 113 Å². The Balaban J connectivity index is 1.34. The van der Waals surface area contributed by atoms with Gasteiger partial charge in [-0.25, -0.2) is 4.98 Å². The van der Waals surface area contributed by atoms with Gasteiger partial charge in [0, 0.05) is 11.1 Å². The number of hydrogen-bond donors (Lipinski definition) is 3. The summed E-state index contributed by atoms with van der Waals surface area (Å²) in [5.41, 5.74) is 6.94. The van der Waals surface area contributed by atoms with Gasteiger partial charge in [0.15, 0.2) is 16.1 Å². The molecular formula is C27H22N4O4S. The summed E-state index contributed by atoms with van der Waals surface area (Å²) in [6, 6.07) is 21.0. The largest absolute Gasteiger partial charge is 0.455 e. The lowest BCUT2D eigenvalue weighted by molar-refractivity contribution is -0.122. The van der Waals surface area contributed by atoms with Crippen LogP contribution in [0.1, 0.15) is 22.8 Å². The summed E-state index contributed by atoms with van der Waals surface area (Å²) in [7, 11) is 0. The molecule has 1 atom stereocenters. The highest BCUT2D eigenvalue weighted by atomic mass is 32.1. The smallest absolute Gasteiger partial charge is 0.273 e. The van der Waals surface area contributed by atoms with Crippen molar-refractivity contribution in [1.82, 2.24) is 15.8 Å². The van der Waals surface area contributed by atoms with Crippen LogP contribution in [0.3, 0.4) is 0 Å². The van der Waals surface area contributed by atoms with Gasteiger partial charge >= 0.3 is 0 Å². The van der Waals surface area contributed by atoms with Crippen LogP contribution in [0.5, 0.6) is 0 Å². The van der Waals surface area contributed by atoms with Crippen LogP contribution in [0.25, 0.3) is 32.5 Å². The second-order valence-corrected chi connectivity index (χ2v) is 9.26. The molecule has 5 rings (SSSR count). The van der Waals surface area contributed by atoms with Gasteiger partial charge in [-0.2, -0.15) is 0 Å². The standard InChI is InChI=1S/C27H22N4O4S/c1-15-22(32)18-11-8-12-19(24(18)35-23(15)17-9-4-3-5-10-17)26(34)31-30-25(33)16(2)28-27-29-20-13-6-7-14-21(20)36-27/h3-14,16H,1-2H3,(H,28,29)(H,30,33)(H,31,34). The molecule has 2 aromatic heterocycles. The molecule has 0 radical (unpaired) electrons. The Morgan fingerprint density at radius 1 is 0.944 bits per heavy atom. The van der Waals surface area contributed by atoms with Crippen molar-refractivity contribution in [1.29, 1.82) is 0 Å². The van der Waals surface area contributed by atoms with Gasteiger partial charge in [0.05, 0.1) is 21.2 Å². The highest BCUT2D eigenvalue weighted by Crippen LogP contribution is 2.28. The van der Waals surface area contributed by atoms with Crippen molar-refractivity contribution in [2.75, 3.05) is 5.32 Å². The van der Waals surface area contributed by atoms with Crippen LogP contribution in [-0.2, 0) is 4.79 Å². The summed E-state index contributed by atoms with van der Waals surface area (Å²) in [6.07, 6.45) is 0. The van der Waals surface area contributed by atoms with Crippen molar-refractivity contribution in [2.45, 2.75) is 19.9 Å². The molecule has 0 aliphatic heterocycles. The van der Waals surface area contributed by atoms with Crippen LogP contribution < -0.4 is 21.6 Å². The average Bonchev–Trinajstić information content (AvgIpc) is 3.31. The number of hydrazine groups is 1. The first kappa shape index (κ1) is 23.3. The summed E-state index contributed by atoms with van der Waals surface area (Å²) in [6.45, 7) is 3.36. The van der Waals surface area contributed by atoms with Crippen molar-refractivity contribution in [3.63, 3.8) is 0 Å². The van der Waals surface area contributed by atoms with E-state index in [2.05, 4.69) is 21.2 Å². The maximum atomic E-state index is 13.0. The number of amides is 2. The third-order valence-electron chi connectivity index (χ3n) is 5.75. The number of para-hydroxylation sites is 2. The van der Waals surface area contributed by atoms with E-state index in [1.165, 1.54) is 11.3 Å². The number of thiazole rings is 1. The lowest BCUT2D eigenvalue weighted by Crippen LogP contribution is -2.47. The highest BCUT2D eigenvalue weighted by Gasteiger charge is 2.20. The zero-order chi connectivity index (χ0) is 25.2. The van der Waals surface area contributed by atoms with Crippen LogP contribution in [0.2, 0.25) is 0 Å². The van der Waals surface area contributed by atoms with Gasteiger partial charge in [0.2, 0.25) is 0 Å². The third-order valence-corrected chi connectivity index (χ3v) is 6.72. The number of carbonyl (C=O) groups is 2. The maximum absolute atomic E-state index is 13.0. The normalized spacial score (nSPS) is 11.8. The van der Waals surface area contributed by atoms with E-state index >= 15 is 0 Å². The Morgan fingerprint density at radius 2 is 1.69 bits per heavy atom. The Kier molecular flexibility index (Phi) is 6.22. The van der Waals surface area contributed by atoms with Gasteiger partial charge in [0.25, 0.3) is 11.8 Å². The summed E-state index contributed by atoms with van der Waals surface area (Å²) in [4.78, 5) is 43.1. The second kappa shape index (κ2) is 9.63. The lowest BCUT2D eigenvalue weighted by atomic mass is 10.0. The van der Waals surface area contributed by atoms with Crippen molar-refractivity contribution in [2.24, 2.45) is 0 Å². The molecule has 2 heterocycles.